The first-order chi connectivity index (χ1) is 16.8. The average Bonchev–Trinajstić information content (AvgIpc) is 2.83. The molecule has 7 nitrogen and oxygen atoms in total. The first kappa shape index (κ1) is 35.1. The second-order valence-electron chi connectivity index (χ2n) is 9.05. The molecule has 200 valence electrons. The molecule has 0 saturated heterocycles. The second kappa shape index (κ2) is 21.1. The molecule has 1 aromatic rings. The zero-order valence-electron chi connectivity index (χ0n) is 22.5. The molecular weight excluding hydrogens is 491 g/mol. The molecule has 1 unspecified atom stereocenters. The van der Waals surface area contributed by atoms with Gasteiger partial charge in [0.15, 0.2) is 0 Å². The first-order valence-electron chi connectivity index (χ1n) is 13.2. The van der Waals surface area contributed by atoms with Gasteiger partial charge in [0.2, 0.25) is 0 Å². The van der Waals surface area contributed by atoms with Gasteiger partial charge in [-0.05, 0) is 25.0 Å². The van der Waals surface area contributed by atoms with Gasteiger partial charge in [-0.2, -0.15) is 0 Å². The number of ether oxygens (including phenoxy) is 2. The smallest absolute Gasteiger partial charge is 0.748 e. The van der Waals surface area contributed by atoms with Gasteiger partial charge < -0.3 is 14.0 Å². The van der Waals surface area contributed by atoms with Crippen molar-refractivity contribution in [3.8, 4) is 0 Å². The second-order valence-corrected chi connectivity index (χ2v) is 10.7. The number of hydrogen-bond acceptors (Lipinski definition) is 7. The van der Waals surface area contributed by atoms with E-state index < -0.39 is 33.9 Å². The van der Waals surface area contributed by atoms with E-state index in [-0.39, 0.29) is 53.7 Å². The average molecular weight is 535 g/mol. The largest absolute Gasteiger partial charge is 1.00 e. The molecule has 0 aliphatic carbocycles. The summed E-state index contributed by atoms with van der Waals surface area (Å²) in [5.74, 6) is -1.49. The van der Waals surface area contributed by atoms with Crippen LogP contribution in [-0.4, -0.2) is 43.4 Å². The minimum atomic E-state index is -4.57. The van der Waals surface area contributed by atoms with Gasteiger partial charge >= 0.3 is 41.5 Å². The summed E-state index contributed by atoms with van der Waals surface area (Å²) < 4.78 is 43.9. The van der Waals surface area contributed by atoms with Crippen LogP contribution < -0.4 is 29.6 Å². The number of rotatable bonds is 20. The molecule has 0 aromatic heterocycles. The van der Waals surface area contributed by atoms with Crippen molar-refractivity contribution < 1.29 is 61.6 Å². The van der Waals surface area contributed by atoms with Crippen LogP contribution in [0.5, 0.6) is 0 Å². The third kappa shape index (κ3) is 15.4. The summed E-state index contributed by atoms with van der Waals surface area (Å²) in [6, 6.07) is 6.05. The topological polar surface area (TPSA) is 110 Å². The summed E-state index contributed by atoms with van der Waals surface area (Å²) in [6.07, 6.45) is 16.0. The van der Waals surface area contributed by atoms with Crippen LogP contribution in [0.3, 0.4) is 0 Å². The van der Waals surface area contributed by atoms with E-state index in [4.69, 9.17) is 9.47 Å². The summed E-state index contributed by atoms with van der Waals surface area (Å²) in [4.78, 5) is 24.9. The SMILES string of the molecule is CCCCCCCCCCCCCCCOC(=O)c1ccccc1C(=O)OCC(CC)S(=O)(=O)[O-].[Na+]. The number of carbonyl (C=O) groups excluding carboxylic acids is 2. The molecule has 0 radical (unpaired) electrons. The van der Waals surface area contributed by atoms with Crippen molar-refractivity contribution in [1.82, 2.24) is 0 Å². The van der Waals surface area contributed by atoms with Gasteiger partial charge in [0, 0.05) is 0 Å². The molecule has 0 saturated carbocycles. The van der Waals surface area contributed by atoms with Crippen molar-refractivity contribution in [2.24, 2.45) is 0 Å². The van der Waals surface area contributed by atoms with Crippen LogP contribution in [0.1, 0.15) is 124 Å². The molecule has 0 amide bonds. The van der Waals surface area contributed by atoms with E-state index in [0.717, 1.165) is 19.3 Å². The van der Waals surface area contributed by atoms with Crippen molar-refractivity contribution >= 4 is 22.1 Å². The Bertz CT molecular complexity index is 842. The van der Waals surface area contributed by atoms with Gasteiger partial charge in [-0.3, -0.25) is 0 Å². The molecule has 9 heteroatoms. The number of esters is 2. The van der Waals surface area contributed by atoms with Crippen LogP contribution in [0.15, 0.2) is 24.3 Å². The quantitative estimate of drug-likeness (QED) is 0.109. The molecule has 0 spiro atoms. The Labute approximate surface area is 240 Å². The normalized spacial score (nSPS) is 12.0. The zero-order chi connectivity index (χ0) is 25.9. The Kier molecular flexibility index (Phi) is 20.5. The van der Waals surface area contributed by atoms with Gasteiger partial charge in [-0.1, -0.05) is 103 Å². The molecule has 0 aliphatic heterocycles. The molecule has 0 N–H and O–H groups in total. The number of unbranched alkanes of at least 4 members (excludes halogenated alkanes) is 12. The fraction of sp³-hybridized carbons (Fsp3) is 0.704. The predicted octanol–water partition coefficient (Wildman–Crippen LogP) is 3.42. The van der Waals surface area contributed by atoms with Gasteiger partial charge in [0.1, 0.15) is 16.7 Å². The molecule has 0 heterocycles. The Morgan fingerprint density at radius 3 is 1.58 bits per heavy atom. The van der Waals surface area contributed by atoms with Crippen LogP contribution in [0.2, 0.25) is 0 Å². The Morgan fingerprint density at radius 1 is 0.750 bits per heavy atom. The molecule has 1 rings (SSSR count). The Hall–Kier alpha value is -0.930. The Balaban J connectivity index is 0.0000122. The summed E-state index contributed by atoms with van der Waals surface area (Å²) in [5, 5.41) is -1.32. The van der Waals surface area contributed by atoms with Crippen LogP contribution in [0.4, 0.5) is 0 Å². The van der Waals surface area contributed by atoms with E-state index in [9.17, 15) is 22.6 Å². The third-order valence-electron chi connectivity index (χ3n) is 6.11. The van der Waals surface area contributed by atoms with Crippen LogP contribution >= 0.6 is 0 Å². The maximum Gasteiger partial charge on any atom is 1.00 e. The number of benzene rings is 1. The predicted molar refractivity (Wildman–Crippen MR) is 136 cm³/mol. The van der Waals surface area contributed by atoms with Gasteiger partial charge in [-0.15, -0.1) is 0 Å². The summed E-state index contributed by atoms with van der Waals surface area (Å²) in [7, 11) is -4.57. The van der Waals surface area contributed by atoms with Crippen molar-refractivity contribution in [3.05, 3.63) is 35.4 Å². The monoisotopic (exact) mass is 534 g/mol. The van der Waals surface area contributed by atoms with Crippen molar-refractivity contribution in [2.75, 3.05) is 13.2 Å². The molecule has 1 aromatic carbocycles. The number of hydrogen-bond donors (Lipinski definition) is 0. The number of carbonyl (C=O) groups is 2. The molecule has 0 fully saturated rings. The fourth-order valence-corrected chi connectivity index (χ4v) is 4.50. The van der Waals surface area contributed by atoms with Crippen LogP contribution in [0.25, 0.3) is 0 Å². The third-order valence-corrected chi connectivity index (χ3v) is 7.40. The zero-order valence-corrected chi connectivity index (χ0v) is 25.3. The minimum absolute atomic E-state index is 0. The molecule has 36 heavy (non-hydrogen) atoms. The molecule has 0 bridgehead atoms. The van der Waals surface area contributed by atoms with Crippen molar-refractivity contribution in [2.45, 2.75) is 109 Å². The van der Waals surface area contributed by atoms with Crippen molar-refractivity contribution in [1.29, 1.82) is 0 Å². The van der Waals surface area contributed by atoms with Crippen LogP contribution in [-0.2, 0) is 19.6 Å². The van der Waals surface area contributed by atoms with Gasteiger partial charge in [0.25, 0.3) is 0 Å². The molecule has 1 atom stereocenters. The fourth-order valence-electron chi connectivity index (χ4n) is 3.85. The maximum absolute atomic E-state index is 12.5. The molecular formula is C27H43NaO7S. The summed E-state index contributed by atoms with van der Waals surface area (Å²) >= 11 is 0. The van der Waals surface area contributed by atoms with Crippen molar-refractivity contribution in [3.63, 3.8) is 0 Å². The van der Waals surface area contributed by atoms with Gasteiger partial charge in [-0.25, -0.2) is 18.0 Å². The van der Waals surface area contributed by atoms with E-state index >= 15 is 0 Å². The first-order valence-corrected chi connectivity index (χ1v) is 14.7. The molecule has 0 aliphatic rings. The minimum Gasteiger partial charge on any atom is -0.748 e. The van der Waals surface area contributed by atoms with Crippen LogP contribution in [0, 0.1) is 0 Å². The van der Waals surface area contributed by atoms with Gasteiger partial charge in [0.05, 0.1) is 23.0 Å². The van der Waals surface area contributed by atoms with E-state index in [1.807, 2.05) is 0 Å². The van der Waals surface area contributed by atoms with E-state index in [0.29, 0.717) is 0 Å². The van der Waals surface area contributed by atoms with E-state index in [1.54, 1.807) is 12.1 Å². The Morgan fingerprint density at radius 2 is 1.17 bits per heavy atom. The maximum atomic E-state index is 12.5. The summed E-state index contributed by atoms with van der Waals surface area (Å²) in [5.41, 5.74) is 0.0474. The standard InChI is InChI=1S/C27H44O7S.Na/c1-3-5-6-7-8-9-10-11-12-13-14-15-18-21-33-26(28)24-19-16-17-20-25(24)27(29)34-22-23(4-2)35(30,31)32;/h16-17,19-20,23H,3-15,18,21-22H2,1-2H3,(H,30,31,32);/q;+1/p-1. The summed E-state index contributed by atoms with van der Waals surface area (Å²) in [6.45, 7) is 3.48. The van der Waals surface area contributed by atoms with E-state index in [1.165, 1.54) is 83.3 Å². The van der Waals surface area contributed by atoms with E-state index in [2.05, 4.69) is 6.92 Å².